The predicted molar refractivity (Wildman–Crippen MR) is 82.5 cm³/mol. The molecule has 0 N–H and O–H groups in total. The minimum atomic E-state index is -0.699. The zero-order chi connectivity index (χ0) is 13.9. The van der Waals surface area contributed by atoms with Crippen LogP contribution in [0.4, 0.5) is 0 Å². The number of benzene rings is 2. The molecule has 96 valence electrons. The van der Waals surface area contributed by atoms with E-state index < -0.39 is 5.41 Å². The molecule has 0 radical (unpaired) electrons. The van der Waals surface area contributed by atoms with E-state index in [0.717, 1.165) is 10.0 Å². The maximum absolute atomic E-state index is 12.7. The number of carbonyl (C=O) groups is 1. The van der Waals surface area contributed by atoms with Crippen LogP contribution in [0.3, 0.4) is 0 Å². The van der Waals surface area contributed by atoms with Gasteiger partial charge in [0.15, 0.2) is 5.78 Å². The van der Waals surface area contributed by atoms with E-state index in [0.29, 0.717) is 5.56 Å². The summed E-state index contributed by atoms with van der Waals surface area (Å²) in [7, 11) is 0. The Morgan fingerprint density at radius 3 is 2.21 bits per heavy atom. The minimum Gasteiger partial charge on any atom is -0.293 e. The van der Waals surface area contributed by atoms with Crippen molar-refractivity contribution in [3.63, 3.8) is 0 Å². The summed E-state index contributed by atoms with van der Waals surface area (Å²) in [6, 6.07) is 17.1. The lowest BCUT2D eigenvalue weighted by Crippen LogP contribution is -2.30. The van der Waals surface area contributed by atoms with Gasteiger partial charge in [0.25, 0.3) is 0 Å². The first-order valence-corrected chi connectivity index (χ1v) is 6.87. The summed E-state index contributed by atoms with van der Waals surface area (Å²) in [5.74, 6) is 0.0567. The van der Waals surface area contributed by atoms with Gasteiger partial charge in [-0.2, -0.15) is 0 Å². The molecule has 0 aliphatic rings. The molecule has 2 rings (SSSR count). The number of Topliss-reactive ketones (excluding diaryl/α,β-unsaturated/α-hetero) is 1. The summed E-state index contributed by atoms with van der Waals surface area (Å²) in [6.07, 6.45) is 1.71. The van der Waals surface area contributed by atoms with Gasteiger partial charge in [-0.1, -0.05) is 64.5 Å². The van der Waals surface area contributed by atoms with Gasteiger partial charge < -0.3 is 0 Å². The van der Waals surface area contributed by atoms with Crippen LogP contribution in [0.25, 0.3) is 0 Å². The first kappa shape index (κ1) is 13.8. The molecule has 2 aromatic rings. The molecule has 2 aromatic carbocycles. The van der Waals surface area contributed by atoms with Crippen molar-refractivity contribution in [1.82, 2.24) is 0 Å². The first-order chi connectivity index (χ1) is 9.08. The minimum absolute atomic E-state index is 0.0567. The second-order valence-corrected chi connectivity index (χ2v) is 5.52. The third-order valence-corrected chi connectivity index (χ3v) is 3.89. The average molecular weight is 315 g/mol. The molecule has 0 amide bonds. The van der Waals surface area contributed by atoms with Crippen molar-refractivity contribution in [2.45, 2.75) is 12.3 Å². The highest BCUT2D eigenvalue weighted by Gasteiger charge is 2.32. The molecule has 1 atom stereocenters. The van der Waals surface area contributed by atoms with Gasteiger partial charge in [-0.15, -0.1) is 6.58 Å². The van der Waals surface area contributed by atoms with Crippen LogP contribution in [0.5, 0.6) is 0 Å². The maximum Gasteiger partial charge on any atom is 0.176 e. The molecule has 0 aliphatic heterocycles. The second-order valence-electron chi connectivity index (χ2n) is 4.61. The third kappa shape index (κ3) is 2.69. The molecule has 19 heavy (non-hydrogen) atoms. The molecule has 0 bridgehead atoms. The van der Waals surface area contributed by atoms with Crippen LogP contribution in [0.1, 0.15) is 22.8 Å². The standard InChI is InChI=1S/C17H15BrO/c1-3-17(2,14-7-5-4-6-8-14)16(19)13-9-11-15(18)12-10-13/h3-12H,1H2,2H3/t17-/m1/s1. The molecule has 0 aliphatic carbocycles. The van der Waals surface area contributed by atoms with E-state index in [1.807, 2.05) is 61.5 Å². The van der Waals surface area contributed by atoms with E-state index >= 15 is 0 Å². The lowest BCUT2D eigenvalue weighted by atomic mass is 9.76. The van der Waals surface area contributed by atoms with Gasteiger partial charge >= 0.3 is 0 Å². The van der Waals surface area contributed by atoms with E-state index in [9.17, 15) is 4.79 Å². The molecule has 0 saturated heterocycles. The molecule has 0 unspecified atom stereocenters. The van der Waals surface area contributed by atoms with Gasteiger partial charge in [0.1, 0.15) is 0 Å². The lowest BCUT2D eigenvalue weighted by molar-refractivity contribution is 0.0927. The molecule has 0 fully saturated rings. The number of ketones is 1. The van der Waals surface area contributed by atoms with E-state index in [1.54, 1.807) is 6.08 Å². The van der Waals surface area contributed by atoms with E-state index in [2.05, 4.69) is 22.5 Å². The normalized spacial score (nSPS) is 13.6. The summed E-state index contributed by atoms with van der Waals surface area (Å²) in [4.78, 5) is 12.7. The molecule has 2 heteroatoms. The van der Waals surface area contributed by atoms with Crippen LogP contribution in [0.2, 0.25) is 0 Å². The van der Waals surface area contributed by atoms with Gasteiger partial charge in [0, 0.05) is 10.0 Å². The molecule has 0 aromatic heterocycles. The van der Waals surface area contributed by atoms with Crippen molar-refractivity contribution in [3.05, 3.63) is 82.9 Å². The number of halogens is 1. The molecular formula is C17H15BrO. The third-order valence-electron chi connectivity index (χ3n) is 3.36. The highest BCUT2D eigenvalue weighted by Crippen LogP contribution is 2.29. The fraction of sp³-hybridized carbons (Fsp3) is 0.118. The number of hydrogen-bond acceptors (Lipinski definition) is 1. The Kier molecular flexibility index (Phi) is 4.01. The zero-order valence-corrected chi connectivity index (χ0v) is 12.4. The van der Waals surface area contributed by atoms with E-state index in [1.165, 1.54) is 0 Å². The SMILES string of the molecule is C=C[C@@](C)(C(=O)c1ccc(Br)cc1)c1ccccc1. The monoisotopic (exact) mass is 314 g/mol. The van der Waals surface area contributed by atoms with Crippen molar-refractivity contribution < 1.29 is 4.79 Å². The smallest absolute Gasteiger partial charge is 0.176 e. The van der Waals surface area contributed by atoms with Gasteiger partial charge in [-0.3, -0.25) is 4.79 Å². The van der Waals surface area contributed by atoms with Crippen molar-refractivity contribution in [2.75, 3.05) is 0 Å². The van der Waals surface area contributed by atoms with Gasteiger partial charge in [-0.05, 0) is 24.6 Å². The van der Waals surface area contributed by atoms with Crippen LogP contribution in [-0.2, 0) is 5.41 Å². The Hall–Kier alpha value is -1.67. The Balaban J connectivity index is 2.44. The number of allylic oxidation sites excluding steroid dienone is 1. The van der Waals surface area contributed by atoms with Crippen LogP contribution >= 0.6 is 15.9 Å². The molecule has 0 spiro atoms. The number of hydrogen-bond donors (Lipinski definition) is 0. The molecule has 0 saturated carbocycles. The van der Waals surface area contributed by atoms with E-state index in [4.69, 9.17) is 0 Å². The van der Waals surface area contributed by atoms with Crippen LogP contribution in [0.15, 0.2) is 71.7 Å². The van der Waals surface area contributed by atoms with Crippen molar-refractivity contribution in [2.24, 2.45) is 0 Å². The van der Waals surface area contributed by atoms with Gasteiger partial charge in [-0.25, -0.2) is 0 Å². The number of rotatable bonds is 4. The summed E-state index contributed by atoms with van der Waals surface area (Å²) in [5.41, 5.74) is 0.946. The summed E-state index contributed by atoms with van der Waals surface area (Å²) in [6.45, 7) is 5.75. The Bertz CT molecular complexity index is 586. The topological polar surface area (TPSA) is 17.1 Å². The highest BCUT2D eigenvalue weighted by atomic mass is 79.9. The summed E-state index contributed by atoms with van der Waals surface area (Å²) >= 11 is 3.38. The van der Waals surface area contributed by atoms with Crippen molar-refractivity contribution >= 4 is 21.7 Å². The second kappa shape index (κ2) is 5.54. The first-order valence-electron chi connectivity index (χ1n) is 6.07. The fourth-order valence-corrected chi connectivity index (χ4v) is 2.29. The fourth-order valence-electron chi connectivity index (χ4n) is 2.03. The largest absolute Gasteiger partial charge is 0.293 e. The highest BCUT2D eigenvalue weighted by molar-refractivity contribution is 9.10. The Morgan fingerprint density at radius 1 is 1.11 bits per heavy atom. The van der Waals surface area contributed by atoms with Crippen LogP contribution in [-0.4, -0.2) is 5.78 Å². The van der Waals surface area contributed by atoms with E-state index in [-0.39, 0.29) is 5.78 Å². The lowest BCUT2D eigenvalue weighted by Gasteiger charge is -2.25. The molecular weight excluding hydrogens is 300 g/mol. The molecule has 1 nitrogen and oxygen atoms in total. The van der Waals surface area contributed by atoms with Gasteiger partial charge in [0.2, 0.25) is 0 Å². The van der Waals surface area contributed by atoms with Crippen LogP contribution < -0.4 is 0 Å². The van der Waals surface area contributed by atoms with Crippen molar-refractivity contribution in [3.8, 4) is 0 Å². The molecule has 0 heterocycles. The summed E-state index contributed by atoms with van der Waals surface area (Å²) in [5, 5.41) is 0. The van der Waals surface area contributed by atoms with Crippen molar-refractivity contribution in [1.29, 1.82) is 0 Å². The summed E-state index contributed by atoms with van der Waals surface area (Å²) < 4.78 is 0.962. The zero-order valence-electron chi connectivity index (χ0n) is 10.8. The quantitative estimate of drug-likeness (QED) is 0.586. The number of carbonyl (C=O) groups excluding carboxylic acids is 1. The van der Waals surface area contributed by atoms with Crippen LogP contribution in [0, 0.1) is 0 Å². The van der Waals surface area contributed by atoms with Gasteiger partial charge in [0.05, 0.1) is 5.41 Å². The Labute approximate surface area is 122 Å². The maximum atomic E-state index is 12.7. The predicted octanol–water partition coefficient (Wildman–Crippen LogP) is 4.78. The Morgan fingerprint density at radius 2 is 1.68 bits per heavy atom. The average Bonchev–Trinajstić information content (AvgIpc) is 2.47.